The number of hydrogen-bond donors (Lipinski definition) is 0. The highest BCUT2D eigenvalue weighted by Crippen LogP contribution is 2.32. The maximum atomic E-state index is 12.8. The standard InChI is InChI=1S/C21H26BrN3O2S2/c1-14-2-6-25(7-3-14)21(27)15-4-8-24(9-5-15)19(26)11-17-13-29-20(23-17)18-10-16(22)12-28-18/h10,12-15H,2-9,11H2,1H3. The Hall–Kier alpha value is -1.25. The van der Waals surface area contributed by atoms with E-state index in [0.717, 1.165) is 64.7 Å². The molecule has 0 atom stereocenters. The maximum absolute atomic E-state index is 12.8. The van der Waals surface area contributed by atoms with E-state index >= 15 is 0 Å². The number of nitrogens with zero attached hydrogens (tertiary/aromatic N) is 3. The Morgan fingerprint density at radius 2 is 1.76 bits per heavy atom. The van der Waals surface area contributed by atoms with Crippen LogP contribution in [0.5, 0.6) is 0 Å². The van der Waals surface area contributed by atoms with Gasteiger partial charge in [-0.3, -0.25) is 9.59 Å². The fourth-order valence-electron chi connectivity index (χ4n) is 4.06. The number of piperidine rings is 2. The number of carbonyl (C=O) groups is 2. The summed E-state index contributed by atoms with van der Waals surface area (Å²) >= 11 is 6.70. The van der Waals surface area contributed by atoms with E-state index in [0.29, 0.717) is 25.4 Å². The van der Waals surface area contributed by atoms with Crippen LogP contribution in [-0.2, 0) is 16.0 Å². The van der Waals surface area contributed by atoms with Gasteiger partial charge in [0, 0.05) is 47.3 Å². The summed E-state index contributed by atoms with van der Waals surface area (Å²) in [4.78, 5) is 35.2. The predicted molar refractivity (Wildman–Crippen MR) is 121 cm³/mol. The van der Waals surface area contributed by atoms with Crippen molar-refractivity contribution in [2.24, 2.45) is 11.8 Å². The van der Waals surface area contributed by atoms with Crippen molar-refractivity contribution in [3.8, 4) is 9.88 Å². The van der Waals surface area contributed by atoms with Crippen molar-refractivity contribution in [2.75, 3.05) is 26.2 Å². The van der Waals surface area contributed by atoms with Gasteiger partial charge >= 0.3 is 0 Å². The highest BCUT2D eigenvalue weighted by atomic mass is 79.9. The minimum Gasteiger partial charge on any atom is -0.342 e. The van der Waals surface area contributed by atoms with Crippen molar-refractivity contribution >= 4 is 50.4 Å². The van der Waals surface area contributed by atoms with Crippen molar-refractivity contribution in [3.05, 3.63) is 27.0 Å². The van der Waals surface area contributed by atoms with Gasteiger partial charge in [-0.2, -0.15) is 0 Å². The SMILES string of the molecule is CC1CCN(C(=O)C2CCN(C(=O)Cc3csc(-c4cc(Br)cs4)n3)CC2)CC1. The molecule has 4 heterocycles. The number of carbonyl (C=O) groups excluding carboxylic acids is 2. The molecule has 2 aromatic heterocycles. The molecule has 0 N–H and O–H groups in total. The molecule has 0 bridgehead atoms. The molecular weight excluding hydrogens is 470 g/mol. The molecule has 0 radical (unpaired) electrons. The Labute approximate surface area is 188 Å². The molecule has 2 aromatic rings. The predicted octanol–water partition coefficient (Wildman–Crippen LogP) is 4.67. The number of hydrogen-bond acceptors (Lipinski definition) is 5. The average Bonchev–Trinajstić information content (AvgIpc) is 3.37. The van der Waals surface area contributed by atoms with E-state index in [2.05, 4.69) is 33.9 Å². The summed E-state index contributed by atoms with van der Waals surface area (Å²) in [5, 5.41) is 4.98. The second-order valence-electron chi connectivity index (χ2n) is 8.11. The van der Waals surface area contributed by atoms with Gasteiger partial charge in [-0.1, -0.05) is 6.92 Å². The van der Waals surface area contributed by atoms with Crippen LogP contribution in [0.2, 0.25) is 0 Å². The molecule has 0 aliphatic carbocycles. The summed E-state index contributed by atoms with van der Waals surface area (Å²) in [6.45, 7) is 5.40. The molecule has 156 valence electrons. The minimum atomic E-state index is 0.0793. The molecule has 2 fully saturated rings. The zero-order chi connectivity index (χ0) is 20.4. The van der Waals surface area contributed by atoms with Gasteiger partial charge < -0.3 is 9.80 Å². The molecule has 0 aromatic carbocycles. The quantitative estimate of drug-likeness (QED) is 0.618. The fourth-order valence-corrected chi connectivity index (χ4v) is 6.38. The zero-order valence-corrected chi connectivity index (χ0v) is 19.8. The second kappa shape index (κ2) is 9.27. The Morgan fingerprint density at radius 3 is 2.41 bits per heavy atom. The van der Waals surface area contributed by atoms with Crippen molar-refractivity contribution in [3.63, 3.8) is 0 Å². The van der Waals surface area contributed by atoms with Crippen LogP contribution in [0.25, 0.3) is 9.88 Å². The number of aromatic nitrogens is 1. The van der Waals surface area contributed by atoms with Crippen LogP contribution in [-0.4, -0.2) is 52.8 Å². The summed E-state index contributed by atoms with van der Waals surface area (Å²) in [5.41, 5.74) is 0.833. The van der Waals surface area contributed by atoms with Gasteiger partial charge in [0.25, 0.3) is 0 Å². The van der Waals surface area contributed by atoms with E-state index in [9.17, 15) is 9.59 Å². The Bertz CT molecular complexity index is 865. The first-order valence-electron chi connectivity index (χ1n) is 10.2. The van der Waals surface area contributed by atoms with Crippen LogP contribution in [0.1, 0.15) is 38.3 Å². The monoisotopic (exact) mass is 495 g/mol. The highest BCUT2D eigenvalue weighted by Gasteiger charge is 2.31. The van der Waals surface area contributed by atoms with Crippen molar-refractivity contribution < 1.29 is 9.59 Å². The van der Waals surface area contributed by atoms with E-state index in [1.165, 1.54) is 0 Å². The van der Waals surface area contributed by atoms with E-state index in [1.807, 2.05) is 20.6 Å². The smallest absolute Gasteiger partial charge is 0.228 e. The van der Waals surface area contributed by atoms with Crippen molar-refractivity contribution in [1.29, 1.82) is 0 Å². The molecule has 0 unspecified atom stereocenters. The molecule has 2 aliphatic rings. The first-order valence-corrected chi connectivity index (χ1v) is 12.8. The van der Waals surface area contributed by atoms with Crippen LogP contribution < -0.4 is 0 Å². The molecule has 2 amide bonds. The molecule has 0 saturated carbocycles. The molecule has 8 heteroatoms. The molecule has 29 heavy (non-hydrogen) atoms. The normalized spacial score (nSPS) is 19.0. The summed E-state index contributed by atoms with van der Waals surface area (Å²) in [5.74, 6) is 1.23. The average molecular weight is 496 g/mol. The summed E-state index contributed by atoms with van der Waals surface area (Å²) < 4.78 is 1.06. The van der Waals surface area contributed by atoms with Crippen LogP contribution in [0.4, 0.5) is 0 Å². The molecule has 2 saturated heterocycles. The van der Waals surface area contributed by atoms with Crippen molar-refractivity contribution in [2.45, 2.75) is 39.0 Å². The van der Waals surface area contributed by atoms with Crippen LogP contribution in [0.15, 0.2) is 21.3 Å². The second-order valence-corrected chi connectivity index (χ2v) is 10.8. The summed E-state index contributed by atoms with van der Waals surface area (Å²) in [6.07, 6.45) is 4.12. The Kier molecular flexibility index (Phi) is 6.71. The van der Waals surface area contributed by atoms with Crippen LogP contribution in [0.3, 0.4) is 0 Å². The van der Waals surface area contributed by atoms with E-state index in [4.69, 9.17) is 0 Å². The molecule has 4 rings (SSSR count). The number of rotatable bonds is 4. The number of thiophene rings is 1. The van der Waals surface area contributed by atoms with Gasteiger partial charge in [0.15, 0.2) is 0 Å². The first-order chi connectivity index (χ1) is 14.0. The van der Waals surface area contributed by atoms with Gasteiger partial charge in [0.1, 0.15) is 5.01 Å². The lowest BCUT2D eigenvalue weighted by Crippen LogP contribution is -2.46. The Balaban J connectivity index is 1.27. The number of likely N-dealkylation sites (tertiary alicyclic amines) is 2. The number of thiazole rings is 1. The van der Waals surface area contributed by atoms with Crippen molar-refractivity contribution in [1.82, 2.24) is 14.8 Å². The van der Waals surface area contributed by atoms with Gasteiger partial charge in [0.05, 0.1) is 17.0 Å². The van der Waals surface area contributed by atoms with Gasteiger partial charge in [0.2, 0.25) is 11.8 Å². The summed E-state index contributed by atoms with van der Waals surface area (Å²) in [6, 6.07) is 2.06. The lowest BCUT2D eigenvalue weighted by molar-refractivity contribution is -0.141. The molecule has 2 aliphatic heterocycles. The highest BCUT2D eigenvalue weighted by molar-refractivity contribution is 9.10. The van der Waals surface area contributed by atoms with Gasteiger partial charge in [-0.15, -0.1) is 22.7 Å². The molecular formula is C21H26BrN3O2S2. The number of halogens is 1. The maximum Gasteiger partial charge on any atom is 0.228 e. The first kappa shape index (κ1) is 21.0. The number of amides is 2. The lowest BCUT2D eigenvalue weighted by atomic mass is 9.92. The third-order valence-electron chi connectivity index (χ3n) is 5.95. The van der Waals surface area contributed by atoms with Gasteiger partial charge in [-0.25, -0.2) is 4.98 Å². The minimum absolute atomic E-state index is 0.0793. The fraction of sp³-hybridized carbons (Fsp3) is 0.571. The molecule has 5 nitrogen and oxygen atoms in total. The summed E-state index contributed by atoms with van der Waals surface area (Å²) in [7, 11) is 0. The Morgan fingerprint density at radius 1 is 1.07 bits per heavy atom. The molecule has 0 spiro atoms. The zero-order valence-electron chi connectivity index (χ0n) is 16.6. The van der Waals surface area contributed by atoms with Crippen LogP contribution in [0, 0.1) is 11.8 Å². The lowest BCUT2D eigenvalue weighted by Gasteiger charge is -2.36. The third-order valence-corrected chi connectivity index (χ3v) is 8.71. The van der Waals surface area contributed by atoms with E-state index in [1.54, 1.807) is 22.7 Å². The van der Waals surface area contributed by atoms with Gasteiger partial charge in [-0.05, 0) is 53.6 Å². The topological polar surface area (TPSA) is 53.5 Å². The van der Waals surface area contributed by atoms with Crippen LogP contribution >= 0.6 is 38.6 Å². The largest absolute Gasteiger partial charge is 0.342 e. The third kappa shape index (κ3) is 5.09. The van der Waals surface area contributed by atoms with E-state index < -0.39 is 0 Å². The van der Waals surface area contributed by atoms with E-state index in [-0.39, 0.29) is 11.8 Å².